The standard InChI is InChI=1S/C15H22N2/c1-14(2)11-15(14,16)12-7-3-4-8-13(12)17-9-5-6-10-17/h3-4,7-8H,5-6,9-11,16H2,1-2H3. The first-order chi connectivity index (χ1) is 8.05. The second-order valence-corrected chi connectivity index (χ2v) is 6.24. The van der Waals surface area contributed by atoms with Gasteiger partial charge in [-0.25, -0.2) is 0 Å². The van der Waals surface area contributed by atoms with Crippen LogP contribution >= 0.6 is 0 Å². The molecule has 1 saturated heterocycles. The molecule has 2 N–H and O–H groups in total. The normalized spacial score (nSPS) is 30.6. The number of para-hydroxylation sites is 1. The molecule has 3 rings (SSSR count). The molecule has 1 aliphatic heterocycles. The van der Waals surface area contributed by atoms with Crippen molar-refractivity contribution < 1.29 is 0 Å². The van der Waals surface area contributed by atoms with E-state index in [1.807, 2.05) is 0 Å². The molecule has 17 heavy (non-hydrogen) atoms. The van der Waals surface area contributed by atoms with Crippen LogP contribution in [0.5, 0.6) is 0 Å². The minimum atomic E-state index is -0.105. The largest absolute Gasteiger partial charge is 0.371 e. The number of anilines is 1. The fraction of sp³-hybridized carbons (Fsp3) is 0.600. The van der Waals surface area contributed by atoms with Gasteiger partial charge in [0.25, 0.3) is 0 Å². The highest BCUT2D eigenvalue weighted by atomic mass is 15.2. The molecule has 1 aromatic rings. The van der Waals surface area contributed by atoms with Crippen molar-refractivity contribution in [3.8, 4) is 0 Å². The maximum absolute atomic E-state index is 6.59. The van der Waals surface area contributed by atoms with Crippen LogP contribution in [0.2, 0.25) is 0 Å². The first-order valence-electron chi connectivity index (χ1n) is 6.68. The Kier molecular flexibility index (Phi) is 2.27. The summed E-state index contributed by atoms with van der Waals surface area (Å²) in [6, 6.07) is 8.72. The van der Waals surface area contributed by atoms with Gasteiger partial charge in [-0.1, -0.05) is 32.0 Å². The number of nitrogens with two attached hydrogens (primary N) is 1. The van der Waals surface area contributed by atoms with Gasteiger partial charge in [-0.3, -0.25) is 0 Å². The average molecular weight is 230 g/mol. The zero-order valence-electron chi connectivity index (χ0n) is 10.9. The molecule has 1 heterocycles. The lowest BCUT2D eigenvalue weighted by atomic mass is 9.95. The van der Waals surface area contributed by atoms with Crippen molar-refractivity contribution in [3.63, 3.8) is 0 Å². The second-order valence-electron chi connectivity index (χ2n) is 6.24. The summed E-state index contributed by atoms with van der Waals surface area (Å²) in [4.78, 5) is 2.50. The molecular weight excluding hydrogens is 208 g/mol. The van der Waals surface area contributed by atoms with Crippen LogP contribution in [0.4, 0.5) is 5.69 Å². The van der Waals surface area contributed by atoms with E-state index in [4.69, 9.17) is 5.73 Å². The molecule has 0 aromatic heterocycles. The smallest absolute Gasteiger partial charge is 0.0488 e. The first-order valence-corrected chi connectivity index (χ1v) is 6.68. The Morgan fingerprint density at radius 3 is 2.29 bits per heavy atom. The van der Waals surface area contributed by atoms with Gasteiger partial charge in [-0.2, -0.15) is 0 Å². The quantitative estimate of drug-likeness (QED) is 0.846. The number of hydrogen-bond acceptors (Lipinski definition) is 2. The van der Waals surface area contributed by atoms with Crippen LogP contribution in [0.15, 0.2) is 24.3 Å². The summed E-state index contributed by atoms with van der Waals surface area (Å²) < 4.78 is 0. The Morgan fingerprint density at radius 1 is 1.12 bits per heavy atom. The van der Waals surface area contributed by atoms with Crippen LogP contribution in [0.1, 0.15) is 38.7 Å². The molecule has 2 nitrogen and oxygen atoms in total. The van der Waals surface area contributed by atoms with E-state index in [0.29, 0.717) is 0 Å². The van der Waals surface area contributed by atoms with Gasteiger partial charge >= 0.3 is 0 Å². The lowest BCUT2D eigenvalue weighted by Crippen LogP contribution is -2.29. The topological polar surface area (TPSA) is 29.3 Å². The van der Waals surface area contributed by atoms with Crippen molar-refractivity contribution in [2.24, 2.45) is 11.1 Å². The van der Waals surface area contributed by atoms with Crippen molar-refractivity contribution >= 4 is 5.69 Å². The molecule has 1 unspecified atom stereocenters. The van der Waals surface area contributed by atoms with Crippen molar-refractivity contribution in [1.29, 1.82) is 0 Å². The molecule has 1 aliphatic carbocycles. The maximum Gasteiger partial charge on any atom is 0.0488 e. The van der Waals surface area contributed by atoms with Crippen LogP contribution in [0.3, 0.4) is 0 Å². The van der Waals surface area contributed by atoms with Gasteiger partial charge in [-0.05, 0) is 36.3 Å². The Morgan fingerprint density at radius 2 is 1.71 bits per heavy atom. The van der Waals surface area contributed by atoms with E-state index in [0.717, 1.165) is 6.42 Å². The van der Waals surface area contributed by atoms with Crippen molar-refractivity contribution in [2.45, 2.75) is 38.6 Å². The molecule has 2 heteroatoms. The van der Waals surface area contributed by atoms with Crippen LogP contribution in [-0.2, 0) is 5.54 Å². The van der Waals surface area contributed by atoms with Gasteiger partial charge in [0.15, 0.2) is 0 Å². The zero-order valence-corrected chi connectivity index (χ0v) is 10.9. The van der Waals surface area contributed by atoms with Crippen LogP contribution in [0.25, 0.3) is 0 Å². The van der Waals surface area contributed by atoms with Gasteiger partial charge < -0.3 is 10.6 Å². The predicted molar refractivity (Wildman–Crippen MR) is 72.2 cm³/mol. The molecule has 0 bridgehead atoms. The van der Waals surface area contributed by atoms with Gasteiger partial charge in [0.2, 0.25) is 0 Å². The fourth-order valence-electron chi connectivity index (χ4n) is 3.20. The second kappa shape index (κ2) is 3.49. The molecule has 0 radical (unpaired) electrons. The Labute approximate surface area is 104 Å². The third-order valence-corrected chi connectivity index (χ3v) is 4.63. The molecule has 1 atom stereocenters. The summed E-state index contributed by atoms with van der Waals surface area (Å²) >= 11 is 0. The summed E-state index contributed by atoms with van der Waals surface area (Å²) in [6.45, 7) is 6.92. The van der Waals surface area contributed by atoms with Gasteiger partial charge in [0.1, 0.15) is 0 Å². The van der Waals surface area contributed by atoms with Crippen LogP contribution < -0.4 is 10.6 Å². The summed E-state index contributed by atoms with van der Waals surface area (Å²) in [7, 11) is 0. The van der Waals surface area contributed by atoms with E-state index in [-0.39, 0.29) is 11.0 Å². The molecule has 92 valence electrons. The maximum atomic E-state index is 6.59. The monoisotopic (exact) mass is 230 g/mol. The van der Waals surface area contributed by atoms with Crippen molar-refractivity contribution in [3.05, 3.63) is 29.8 Å². The minimum Gasteiger partial charge on any atom is -0.371 e. The summed E-state index contributed by atoms with van der Waals surface area (Å²) in [6.07, 6.45) is 3.73. The SMILES string of the molecule is CC1(C)CC1(N)c1ccccc1N1CCCC1. The van der Waals surface area contributed by atoms with E-state index in [1.54, 1.807) is 0 Å². The van der Waals surface area contributed by atoms with E-state index in [9.17, 15) is 0 Å². The van der Waals surface area contributed by atoms with Crippen molar-refractivity contribution in [2.75, 3.05) is 18.0 Å². The Balaban J connectivity index is 2.00. The molecule has 2 aliphatic rings. The van der Waals surface area contributed by atoms with Crippen LogP contribution in [-0.4, -0.2) is 13.1 Å². The molecular formula is C15H22N2. The Hall–Kier alpha value is -1.02. The molecule has 0 amide bonds. The van der Waals surface area contributed by atoms with E-state index >= 15 is 0 Å². The average Bonchev–Trinajstić information content (AvgIpc) is 2.74. The number of nitrogens with zero attached hydrogens (tertiary/aromatic N) is 1. The third kappa shape index (κ3) is 1.58. The Bertz CT molecular complexity index is 432. The highest BCUT2D eigenvalue weighted by Crippen LogP contribution is 2.61. The molecule has 0 spiro atoms. The predicted octanol–water partition coefficient (Wildman–Crippen LogP) is 2.87. The van der Waals surface area contributed by atoms with Crippen molar-refractivity contribution in [1.82, 2.24) is 0 Å². The summed E-state index contributed by atoms with van der Waals surface area (Å²) in [5, 5.41) is 0. The highest BCUT2D eigenvalue weighted by molar-refractivity contribution is 5.59. The summed E-state index contributed by atoms with van der Waals surface area (Å²) in [5.74, 6) is 0. The highest BCUT2D eigenvalue weighted by Gasteiger charge is 2.60. The molecule has 1 saturated carbocycles. The summed E-state index contributed by atoms with van der Waals surface area (Å²) in [5.41, 5.74) is 9.46. The minimum absolute atomic E-state index is 0.105. The van der Waals surface area contributed by atoms with Gasteiger partial charge in [0.05, 0.1) is 0 Å². The lowest BCUT2D eigenvalue weighted by molar-refractivity contribution is 0.510. The number of hydrogen-bond donors (Lipinski definition) is 1. The van der Waals surface area contributed by atoms with E-state index < -0.39 is 0 Å². The van der Waals surface area contributed by atoms with Gasteiger partial charge in [-0.15, -0.1) is 0 Å². The van der Waals surface area contributed by atoms with Gasteiger partial charge in [0, 0.05) is 24.3 Å². The first kappa shape index (κ1) is 11.1. The number of benzene rings is 1. The van der Waals surface area contributed by atoms with E-state index in [2.05, 4.69) is 43.0 Å². The molecule has 1 aromatic carbocycles. The van der Waals surface area contributed by atoms with Crippen LogP contribution in [0, 0.1) is 5.41 Å². The zero-order chi connectivity index (χ0) is 12.1. The fourth-order valence-corrected chi connectivity index (χ4v) is 3.20. The third-order valence-electron chi connectivity index (χ3n) is 4.63. The number of rotatable bonds is 2. The molecule has 2 fully saturated rings. The lowest BCUT2D eigenvalue weighted by Gasteiger charge is -2.26. The van der Waals surface area contributed by atoms with E-state index in [1.165, 1.54) is 37.2 Å².